The molecule has 5 aromatic rings. The maximum Gasteiger partial charge on any atom is 0.312 e. The van der Waals surface area contributed by atoms with Gasteiger partial charge in [0.25, 0.3) is 5.91 Å². The van der Waals surface area contributed by atoms with E-state index in [2.05, 4.69) is 25.6 Å². The minimum Gasteiger partial charge on any atom is -0.481 e. The fourth-order valence-corrected chi connectivity index (χ4v) is 4.88. The van der Waals surface area contributed by atoms with Crippen molar-refractivity contribution < 1.29 is 24.2 Å². The molecule has 5 heterocycles. The molecular weight excluding hydrogens is 555 g/mol. The second kappa shape index (κ2) is 9.93. The lowest BCUT2D eigenvalue weighted by atomic mass is 9.82. The number of imidazole rings is 2. The van der Waals surface area contributed by atoms with Crippen LogP contribution in [0.15, 0.2) is 43.2 Å². The van der Waals surface area contributed by atoms with Crippen molar-refractivity contribution in [2.45, 2.75) is 51.8 Å². The number of halogens is 2. The zero-order chi connectivity index (χ0) is 29.1. The van der Waals surface area contributed by atoms with Gasteiger partial charge in [0.15, 0.2) is 11.5 Å². The number of amides is 1. The molecule has 14 heteroatoms. The Kier molecular flexibility index (Phi) is 6.50. The van der Waals surface area contributed by atoms with Crippen molar-refractivity contribution in [1.29, 1.82) is 0 Å². The Hall–Kier alpha value is -4.36. The molecule has 3 N–H and O–H groups in total. The van der Waals surface area contributed by atoms with E-state index < -0.39 is 29.2 Å². The molecule has 5 aromatic heterocycles. The number of pyridine rings is 2. The average molecular weight is 581 g/mol. The van der Waals surface area contributed by atoms with Crippen LogP contribution in [-0.4, -0.2) is 55.9 Å². The number of hydrogen-bond acceptors (Lipinski definition) is 7. The maximum absolute atomic E-state index is 14.5. The summed E-state index contributed by atoms with van der Waals surface area (Å²) in [6.07, 6.45) is 8.99. The van der Waals surface area contributed by atoms with E-state index in [1.807, 2.05) is 12.3 Å². The fraction of sp³-hybridized carbons (Fsp3) is 0.333. The zero-order valence-corrected chi connectivity index (χ0v) is 22.9. The molecule has 6 rings (SSSR count). The van der Waals surface area contributed by atoms with Gasteiger partial charge in [0.05, 0.1) is 53.5 Å². The van der Waals surface area contributed by atoms with Gasteiger partial charge in [-0.15, -0.1) is 5.10 Å². The lowest BCUT2D eigenvalue weighted by molar-refractivity contribution is -0.153. The van der Waals surface area contributed by atoms with Crippen molar-refractivity contribution in [3.05, 3.63) is 82.3 Å². The highest BCUT2D eigenvalue weighted by Crippen LogP contribution is 2.43. The highest BCUT2D eigenvalue weighted by Gasteiger charge is 2.39. The predicted octanol–water partition coefficient (Wildman–Crippen LogP) is 3.37. The second-order valence-electron chi connectivity index (χ2n) is 10.8. The summed E-state index contributed by atoms with van der Waals surface area (Å²) in [4.78, 5) is 33.4. The van der Waals surface area contributed by atoms with Crippen LogP contribution >= 0.6 is 11.6 Å². The van der Waals surface area contributed by atoms with Crippen LogP contribution in [0.25, 0.3) is 11.2 Å². The Labute approximate surface area is 237 Å². The normalized spacial score (nSPS) is 14.6. The molecule has 1 aliphatic carbocycles. The number of aliphatic hydroxyl groups is 1. The Morgan fingerprint density at radius 1 is 1.24 bits per heavy atom. The zero-order valence-electron chi connectivity index (χ0n) is 22.1. The maximum atomic E-state index is 14.5. The van der Waals surface area contributed by atoms with Gasteiger partial charge in [-0.1, -0.05) is 16.8 Å². The molecule has 1 fully saturated rings. The van der Waals surface area contributed by atoms with Crippen molar-refractivity contribution in [2.75, 3.05) is 0 Å². The van der Waals surface area contributed by atoms with E-state index in [0.29, 0.717) is 28.5 Å². The van der Waals surface area contributed by atoms with Gasteiger partial charge in [0.2, 0.25) is 0 Å². The summed E-state index contributed by atoms with van der Waals surface area (Å²) in [5, 5.41) is 31.4. The molecule has 0 aromatic carbocycles. The van der Waals surface area contributed by atoms with Crippen LogP contribution in [0.2, 0.25) is 5.02 Å². The van der Waals surface area contributed by atoms with Crippen molar-refractivity contribution in [3.8, 4) is 0 Å². The van der Waals surface area contributed by atoms with Crippen LogP contribution in [-0.2, 0) is 17.9 Å². The van der Waals surface area contributed by atoms with Gasteiger partial charge in [-0.05, 0) is 50.3 Å². The molecule has 41 heavy (non-hydrogen) atoms. The average Bonchev–Trinajstić information content (AvgIpc) is 3.34. The van der Waals surface area contributed by atoms with Gasteiger partial charge in [0.1, 0.15) is 11.2 Å². The summed E-state index contributed by atoms with van der Waals surface area (Å²) in [5.41, 5.74) is 1.59. The molecule has 1 atom stereocenters. The Balaban J connectivity index is 1.21. The third kappa shape index (κ3) is 4.91. The number of fused-ring (bicyclic) bond motifs is 2. The van der Waals surface area contributed by atoms with Crippen LogP contribution in [0.4, 0.5) is 4.39 Å². The third-order valence-corrected chi connectivity index (χ3v) is 7.70. The number of nitrogens with one attached hydrogen (secondary N) is 1. The summed E-state index contributed by atoms with van der Waals surface area (Å²) < 4.78 is 19.2. The molecular formula is C27H26ClFN8O4. The number of rotatable bonds is 9. The first-order valence-electron chi connectivity index (χ1n) is 12.9. The lowest BCUT2D eigenvalue weighted by Crippen LogP contribution is -2.31. The number of nitrogens with zero attached hydrogens (tertiary/aromatic N) is 7. The Morgan fingerprint density at radius 2 is 2.02 bits per heavy atom. The van der Waals surface area contributed by atoms with Crippen molar-refractivity contribution in [2.24, 2.45) is 5.41 Å². The van der Waals surface area contributed by atoms with Gasteiger partial charge in [0, 0.05) is 24.2 Å². The van der Waals surface area contributed by atoms with Gasteiger partial charge in [-0.3, -0.25) is 9.59 Å². The van der Waals surface area contributed by atoms with Gasteiger partial charge in [-0.25, -0.2) is 19.0 Å². The molecule has 1 saturated carbocycles. The highest BCUT2D eigenvalue weighted by molar-refractivity contribution is 6.31. The van der Waals surface area contributed by atoms with E-state index in [-0.39, 0.29) is 29.3 Å². The number of hydrogen-bond donors (Lipinski definition) is 3. The minimum absolute atomic E-state index is 0.0449. The summed E-state index contributed by atoms with van der Waals surface area (Å²) in [7, 11) is 0. The summed E-state index contributed by atoms with van der Waals surface area (Å²) in [6.45, 7) is 3.08. The number of carbonyl (C=O) groups is 2. The van der Waals surface area contributed by atoms with E-state index >= 15 is 0 Å². The largest absolute Gasteiger partial charge is 0.481 e. The second-order valence-corrected chi connectivity index (χ2v) is 11.2. The van der Waals surface area contributed by atoms with Crippen LogP contribution in [0.1, 0.15) is 71.7 Å². The molecule has 212 valence electrons. The quantitative estimate of drug-likeness (QED) is 0.240. The molecule has 1 unspecified atom stereocenters. The molecule has 0 radical (unpaired) electrons. The number of carbonyl (C=O) groups excluding carboxylic acids is 1. The van der Waals surface area contributed by atoms with Gasteiger partial charge < -0.3 is 24.3 Å². The van der Waals surface area contributed by atoms with Crippen LogP contribution in [0.5, 0.6) is 0 Å². The van der Waals surface area contributed by atoms with E-state index in [9.17, 15) is 24.2 Å². The predicted molar refractivity (Wildman–Crippen MR) is 144 cm³/mol. The summed E-state index contributed by atoms with van der Waals surface area (Å²) >= 11 is 5.88. The number of carboxylic acids is 1. The lowest BCUT2D eigenvalue weighted by Gasteiger charge is -2.26. The molecule has 0 aliphatic heterocycles. The SMILES string of the molecule is CC(C)(C(=O)O)C(O)c1cc(C2CC2)cn2cc(Cn3cc(C(=O)NCc4ncn5ccc(Cl)c(F)c45)nn3)nc12. The first kappa shape index (κ1) is 26.8. The third-order valence-electron chi connectivity index (χ3n) is 7.41. The molecule has 0 saturated heterocycles. The van der Waals surface area contributed by atoms with Crippen molar-refractivity contribution in [3.63, 3.8) is 0 Å². The topological polar surface area (TPSA) is 152 Å². The molecule has 0 bridgehead atoms. The number of carboxylic acid groups (broad SMARTS) is 1. The minimum atomic E-state index is -1.43. The number of aliphatic hydroxyl groups excluding tert-OH is 1. The fourth-order valence-electron chi connectivity index (χ4n) is 4.74. The van der Waals surface area contributed by atoms with E-state index in [1.54, 1.807) is 16.8 Å². The molecule has 1 aliphatic rings. The van der Waals surface area contributed by atoms with E-state index in [0.717, 1.165) is 18.4 Å². The van der Waals surface area contributed by atoms with Crippen molar-refractivity contribution in [1.82, 2.24) is 39.1 Å². The monoisotopic (exact) mass is 580 g/mol. The van der Waals surface area contributed by atoms with Crippen LogP contribution in [0.3, 0.4) is 0 Å². The van der Waals surface area contributed by atoms with Crippen LogP contribution in [0, 0.1) is 11.2 Å². The van der Waals surface area contributed by atoms with Crippen LogP contribution < -0.4 is 5.32 Å². The van der Waals surface area contributed by atoms with Gasteiger partial charge in [-0.2, -0.15) is 0 Å². The molecule has 0 spiro atoms. The first-order valence-corrected chi connectivity index (χ1v) is 13.3. The van der Waals surface area contributed by atoms with E-state index in [1.165, 1.54) is 41.5 Å². The number of aromatic nitrogens is 7. The van der Waals surface area contributed by atoms with E-state index in [4.69, 9.17) is 11.6 Å². The van der Waals surface area contributed by atoms with Gasteiger partial charge >= 0.3 is 5.97 Å². The summed E-state index contributed by atoms with van der Waals surface area (Å²) in [5.74, 6) is -1.89. The highest BCUT2D eigenvalue weighted by atomic mass is 35.5. The molecule has 1 amide bonds. The Bertz CT molecular complexity index is 1820. The Morgan fingerprint density at radius 3 is 2.76 bits per heavy atom. The molecule has 12 nitrogen and oxygen atoms in total. The smallest absolute Gasteiger partial charge is 0.312 e. The number of aliphatic carboxylic acids is 1. The standard InChI is InChI=1S/C27H26ClFN8O4/c1-27(2,26(40)41)23(38)17-7-15(14-3-4-14)9-36-10-16(32-24(17)36)11-37-12-20(33-34-37)25(39)30-8-19-22-21(29)18(28)5-6-35(22)13-31-19/h5-7,9-10,12-14,23,38H,3-4,8,11H2,1-2H3,(H,30,39)(H,40,41). The first-order chi connectivity index (χ1) is 19.5. The van der Waals surface area contributed by atoms with Crippen molar-refractivity contribution >= 4 is 34.6 Å². The summed E-state index contributed by atoms with van der Waals surface area (Å²) in [6, 6.07) is 3.27.